The first kappa shape index (κ1) is 12.0. The van der Waals surface area contributed by atoms with Crippen LogP contribution in [-0.4, -0.2) is 17.8 Å². The van der Waals surface area contributed by atoms with Crippen LogP contribution in [0.3, 0.4) is 0 Å². The number of benzene rings is 1. The lowest BCUT2D eigenvalue weighted by Crippen LogP contribution is -2.24. The zero-order chi connectivity index (χ0) is 11.4. The third-order valence-electron chi connectivity index (χ3n) is 1.87. The number of halogens is 3. The first-order valence-corrected chi connectivity index (χ1v) is 4.53. The van der Waals surface area contributed by atoms with Crippen LogP contribution >= 0.6 is 0 Å². The summed E-state index contributed by atoms with van der Waals surface area (Å²) in [6, 6.07) is 2.04. The molecule has 1 aromatic rings. The van der Waals surface area contributed by atoms with Crippen LogP contribution in [0.4, 0.5) is 13.2 Å². The molecule has 1 unspecified atom stereocenters. The Hall–Kier alpha value is -1.07. The second kappa shape index (κ2) is 5.14. The Morgan fingerprint density at radius 2 is 1.93 bits per heavy atom. The van der Waals surface area contributed by atoms with Crippen molar-refractivity contribution in [1.29, 1.82) is 0 Å². The molecule has 0 aliphatic carbocycles. The van der Waals surface area contributed by atoms with E-state index in [0.29, 0.717) is 0 Å². The lowest BCUT2D eigenvalue weighted by atomic mass is 10.2. The van der Waals surface area contributed by atoms with Gasteiger partial charge in [-0.15, -0.1) is 0 Å². The maximum Gasteiger partial charge on any atom is 0.194 e. The van der Waals surface area contributed by atoms with Crippen molar-refractivity contribution in [2.75, 3.05) is 6.54 Å². The molecule has 2 N–H and O–H groups in total. The van der Waals surface area contributed by atoms with Crippen LogP contribution in [-0.2, 0) is 6.54 Å². The van der Waals surface area contributed by atoms with Gasteiger partial charge in [-0.25, -0.2) is 13.2 Å². The number of aliphatic hydroxyl groups excluding tert-OH is 1. The Morgan fingerprint density at radius 3 is 2.53 bits per heavy atom. The van der Waals surface area contributed by atoms with E-state index >= 15 is 0 Å². The van der Waals surface area contributed by atoms with E-state index < -0.39 is 23.6 Å². The summed E-state index contributed by atoms with van der Waals surface area (Å²) in [6.07, 6.45) is -0.571. The summed E-state index contributed by atoms with van der Waals surface area (Å²) in [6.45, 7) is 1.88. The van der Waals surface area contributed by atoms with Crippen molar-refractivity contribution in [3.05, 3.63) is 35.1 Å². The van der Waals surface area contributed by atoms with E-state index in [1.54, 1.807) is 6.92 Å². The van der Waals surface area contributed by atoms with Crippen LogP contribution < -0.4 is 5.32 Å². The third kappa shape index (κ3) is 3.21. The quantitative estimate of drug-likeness (QED) is 0.753. The van der Waals surface area contributed by atoms with Gasteiger partial charge in [0.05, 0.1) is 6.10 Å². The molecule has 0 saturated carbocycles. The summed E-state index contributed by atoms with van der Waals surface area (Å²) in [4.78, 5) is 0. The number of rotatable bonds is 4. The van der Waals surface area contributed by atoms with Gasteiger partial charge < -0.3 is 10.4 Å². The predicted octanol–water partition coefficient (Wildman–Crippen LogP) is 1.57. The Morgan fingerprint density at radius 1 is 1.27 bits per heavy atom. The molecule has 5 heteroatoms. The molecule has 15 heavy (non-hydrogen) atoms. The first-order chi connectivity index (χ1) is 7.02. The number of nitrogens with one attached hydrogen (secondary N) is 1. The molecular weight excluding hydrogens is 207 g/mol. The van der Waals surface area contributed by atoms with Crippen molar-refractivity contribution in [2.24, 2.45) is 0 Å². The van der Waals surface area contributed by atoms with Crippen LogP contribution in [0.25, 0.3) is 0 Å². The molecule has 0 aromatic heterocycles. The zero-order valence-corrected chi connectivity index (χ0v) is 8.23. The summed E-state index contributed by atoms with van der Waals surface area (Å²) in [5.74, 6) is -3.86. The van der Waals surface area contributed by atoms with Crippen LogP contribution in [0, 0.1) is 17.5 Å². The largest absolute Gasteiger partial charge is 0.392 e. The van der Waals surface area contributed by atoms with E-state index in [2.05, 4.69) is 5.32 Å². The second-order valence-electron chi connectivity index (χ2n) is 3.31. The van der Waals surface area contributed by atoms with Gasteiger partial charge in [0.1, 0.15) is 0 Å². The van der Waals surface area contributed by atoms with Gasteiger partial charge in [0.15, 0.2) is 17.5 Å². The van der Waals surface area contributed by atoms with E-state index in [-0.39, 0.29) is 18.7 Å². The molecule has 0 aliphatic heterocycles. The smallest absolute Gasteiger partial charge is 0.194 e. The molecule has 0 spiro atoms. The molecule has 0 fully saturated rings. The summed E-state index contributed by atoms with van der Waals surface area (Å²) in [7, 11) is 0. The average Bonchev–Trinajstić information content (AvgIpc) is 2.18. The Labute approximate surface area is 85.7 Å². The van der Waals surface area contributed by atoms with E-state index in [9.17, 15) is 13.2 Å². The van der Waals surface area contributed by atoms with Crippen LogP contribution in [0.1, 0.15) is 12.5 Å². The van der Waals surface area contributed by atoms with Gasteiger partial charge in [0, 0.05) is 18.7 Å². The van der Waals surface area contributed by atoms with Crippen LogP contribution in [0.2, 0.25) is 0 Å². The van der Waals surface area contributed by atoms with Gasteiger partial charge in [0.2, 0.25) is 0 Å². The summed E-state index contributed by atoms with van der Waals surface area (Å²) in [5.41, 5.74) is 0.0366. The molecule has 0 amide bonds. The molecular formula is C10H12F3NO. The highest BCUT2D eigenvalue weighted by atomic mass is 19.2. The fraction of sp³-hybridized carbons (Fsp3) is 0.400. The van der Waals surface area contributed by atoms with Gasteiger partial charge in [-0.2, -0.15) is 0 Å². The predicted molar refractivity (Wildman–Crippen MR) is 49.7 cm³/mol. The van der Waals surface area contributed by atoms with Crippen molar-refractivity contribution in [1.82, 2.24) is 5.32 Å². The standard InChI is InChI=1S/C10H12F3NO/c1-6(15)4-14-5-7-2-3-8(11)10(13)9(7)12/h2-3,6,14-15H,4-5H2,1H3. The van der Waals surface area contributed by atoms with Gasteiger partial charge in [-0.05, 0) is 13.0 Å². The van der Waals surface area contributed by atoms with Gasteiger partial charge >= 0.3 is 0 Å². The number of hydrogen-bond donors (Lipinski definition) is 2. The van der Waals surface area contributed by atoms with Crippen LogP contribution in [0.5, 0.6) is 0 Å². The monoisotopic (exact) mass is 219 g/mol. The minimum Gasteiger partial charge on any atom is -0.392 e. The molecule has 0 bridgehead atoms. The fourth-order valence-corrected chi connectivity index (χ4v) is 1.12. The third-order valence-corrected chi connectivity index (χ3v) is 1.87. The minimum absolute atomic E-state index is 0.0366. The lowest BCUT2D eigenvalue weighted by Gasteiger charge is -2.08. The van der Waals surface area contributed by atoms with E-state index in [1.165, 1.54) is 6.07 Å². The van der Waals surface area contributed by atoms with E-state index in [4.69, 9.17) is 5.11 Å². The fourth-order valence-electron chi connectivity index (χ4n) is 1.12. The normalized spacial score (nSPS) is 12.9. The molecule has 2 nitrogen and oxygen atoms in total. The second-order valence-corrected chi connectivity index (χ2v) is 3.31. The Kier molecular flexibility index (Phi) is 4.11. The molecule has 84 valence electrons. The molecule has 0 heterocycles. The van der Waals surface area contributed by atoms with E-state index in [1.807, 2.05) is 0 Å². The molecule has 1 atom stereocenters. The molecule has 1 rings (SSSR count). The summed E-state index contributed by atoms with van der Waals surface area (Å²) < 4.78 is 38.4. The molecule has 0 saturated heterocycles. The van der Waals surface area contributed by atoms with Crippen molar-refractivity contribution in [2.45, 2.75) is 19.6 Å². The highest BCUT2D eigenvalue weighted by Crippen LogP contribution is 2.14. The summed E-state index contributed by atoms with van der Waals surface area (Å²) >= 11 is 0. The number of aliphatic hydroxyl groups is 1. The SMILES string of the molecule is CC(O)CNCc1ccc(F)c(F)c1F. The van der Waals surface area contributed by atoms with Crippen LogP contribution in [0.15, 0.2) is 12.1 Å². The van der Waals surface area contributed by atoms with Crippen molar-refractivity contribution < 1.29 is 18.3 Å². The average molecular weight is 219 g/mol. The van der Waals surface area contributed by atoms with Crippen molar-refractivity contribution >= 4 is 0 Å². The first-order valence-electron chi connectivity index (χ1n) is 4.53. The van der Waals surface area contributed by atoms with Gasteiger partial charge in [-0.1, -0.05) is 6.07 Å². The number of hydrogen-bond acceptors (Lipinski definition) is 2. The Bertz CT molecular complexity index is 342. The minimum atomic E-state index is -1.47. The van der Waals surface area contributed by atoms with E-state index in [0.717, 1.165) is 6.07 Å². The van der Waals surface area contributed by atoms with Crippen molar-refractivity contribution in [3.63, 3.8) is 0 Å². The zero-order valence-electron chi connectivity index (χ0n) is 8.23. The Balaban J connectivity index is 2.66. The lowest BCUT2D eigenvalue weighted by molar-refractivity contribution is 0.190. The van der Waals surface area contributed by atoms with Crippen molar-refractivity contribution in [3.8, 4) is 0 Å². The topological polar surface area (TPSA) is 32.3 Å². The molecule has 0 aliphatic rings. The highest BCUT2D eigenvalue weighted by Gasteiger charge is 2.12. The van der Waals surface area contributed by atoms with Gasteiger partial charge in [-0.3, -0.25) is 0 Å². The maximum atomic E-state index is 13.1. The molecule has 0 radical (unpaired) electrons. The highest BCUT2D eigenvalue weighted by molar-refractivity contribution is 5.20. The van der Waals surface area contributed by atoms with Gasteiger partial charge in [0.25, 0.3) is 0 Å². The summed E-state index contributed by atoms with van der Waals surface area (Å²) in [5, 5.41) is 11.6. The molecule has 1 aromatic carbocycles. The maximum absolute atomic E-state index is 13.1.